The largest absolute Gasteiger partial charge is 0.387 e. The van der Waals surface area contributed by atoms with Crippen LogP contribution in [0.25, 0.3) is 0 Å². The number of aliphatic hydroxyl groups is 2. The molecule has 0 saturated carbocycles. The highest BCUT2D eigenvalue weighted by molar-refractivity contribution is 5.17. The highest BCUT2D eigenvalue weighted by Crippen LogP contribution is 2.24. The summed E-state index contributed by atoms with van der Waals surface area (Å²) in [5, 5.41) is 23.4. The topological polar surface area (TPSA) is 61.7 Å². The fraction of sp³-hybridized carbons (Fsp3) is 0.571. The second-order valence-corrected chi connectivity index (χ2v) is 4.92. The maximum Gasteiger partial charge on any atom is 0.105 e. The van der Waals surface area contributed by atoms with Gasteiger partial charge in [0, 0.05) is 26.1 Å². The van der Waals surface area contributed by atoms with E-state index in [9.17, 15) is 10.2 Å². The molecule has 1 heterocycles. The molecule has 1 aliphatic rings. The second kappa shape index (κ2) is 5.80. The average Bonchev–Trinajstić information content (AvgIpc) is 2.71. The molecule has 3 atom stereocenters. The van der Waals surface area contributed by atoms with Crippen molar-refractivity contribution < 1.29 is 14.9 Å². The Morgan fingerprint density at radius 2 is 2.17 bits per heavy atom. The van der Waals surface area contributed by atoms with Gasteiger partial charge in [0.2, 0.25) is 0 Å². The maximum atomic E-state index is 10.3. The normalized spacial score (nSPS) is 29.4. The number of nitrogens with one attached hydrogen (secondary N) is 1. The lowest BCUT2D eigenvalue weighted by molar-refractivity contribution is -0.0274. The first-order valence-electron chi connectivity index (χ1n) is 6.39. The zero-order valence-electron chi connectivity index (χ0n) is 10.7. The average molecular weight is 251 g/mol. The molecule has 4 heteroatoms. The number of benzene rings is 1. The lowest BCUT2D eigenvalue weighted by Gasteiger charge is -2.26. The molecule has 1 fully saturated rings. The van der Waals surface area contributed by atoms with Crippen molar-refractivity contribution in [2.45, 2.75) is 31.2 Å². The number of ether oxygens (including phenoxy) is 1. The van der Waals surface area contributed by atoms with Crippen molar-refractivity contribution in [3.63, 3.8) is 0 Å². The van der Waals surface area contributed by atoms with Crippen LogP contribution >= 0.6 is 0 Å². The minimum atomic E-state index is -0.809. The molecule has 3 N–H and O–H groups in total. The monoisotopic (exact) mass is 251 g/mol. The summed E-state index contributed by atoms with van der Waals surface area (Å²) in [6, 6.07) is 9.51. The molecule has 0 radical (unpaired) electrons. The number of rotatable bonds is 5. The Balaban J connectivity index is 1.79. The van der Waals surface area contributed by atoms with Crippen molar-refractivity contribution in [3.05, 3.63) is 35.9 Å². The van der Waals surface area contributed by atoms with E-state index in [-0.39, 0.29) is 6.10 Å². The minimum absolute atomic E-state index is 0.154. The number of hydrogen-bond donors (Lipinski definition) is 3. The number of aliphatic hydroxyl groups excluding tert-OH is 1. The highest BCUT2D eigenvalue weighted by atomic mass is 16.5. The highest BCUT2D eigenvalue weighted by Gasteiger charge is 2.39. The third kappa shape index (κ3) is 3.09. The van der Waals surface area contributed by atoms with Gasteiger partial charge in [0.25, 0.3) is 0 Å². The fourth-order valence-electron chi connectivity index (χ4n) is 2.22. The van der Waals surface area contributed by atoms with Gasteiger partial charge in [-0.05, 0) is 12.5 Å². The molecule has 18 heavy (non-hydrogen) atoms. The van der Waals surface area contributed by atoms with E-state index in [2.05, 4.69) is 5.32 Å². The third-order valence-electron chi connectivity index (χ3n) is 3.61. The van der Waals surface area contributed by atoms with Gasteiger partial charge in [-0.25, -0.2) is 0 Å². The Morgan fingerprint density at radius 1 is 1.44 bits per heavy atom. The van der Waals surface area contributed by atoms with Crippen LogP contribution < -0.4 is 5.32 Å². The Labute approximate surface area is 108 Å². The lowest BCUT2D eigenvalue weighted by atomic mass is 9.96. The van der Waals surface area contributed by atoms with E-state index in [1.165, 1.54) is 0 Å². The molecule has 0 aliphatic carbocycles. The van der Waals surface area contributed by atoms with Crippen LogP contribution in [0.5, 0.6) is 0 Å². The predicted octanol–water partition coefficient (Wildman–Crippen LogP) is 0.849. The first kappa shape index (κ1) is 13.5. The van der Waals surface area contributed by atoms with Gasteiger partial charge in [-0.2, -0.15) is 0 Å². The Hall–Kier alpha value is -0.940. The zero-order valence-corrected chi connectivity index (χ0v) is 10.7. The van der Waals surface area contributed by atoms with Crippen molar-refractivity contribution in [3.8, 4) is 0 Å². The SMILES string of the molecule is CC1OCCC1(O)CNCC(O)c1ccccc1. The smallest absolute Gasteiger partial charge is 0.105 e. The zero-order chi connectivity index (χ0) is 13.0. The minimum Gasteiger partial charge on any atom is -0.387 e. The maximum absolute atomic E-state index is 10.3. The molecular formula is C14H21NO3. The van der Waals surface area contributed by atoms with Crippen LogP contribution in [0.3, 0.4) is 0 Å². The molecule has 3 unspecified atom stereocenters. The van der Waals surface area contributed by atoms with Gasteiger partial charge in [-0.3, -0.25) is 0 Å². The van der Waals surface area contributed by atoms with E-state index < -0.39 is 11.7 Å². The summed E-state index contributed by atoms with van der Waals surface area (Å²) in [6.45, 7) is 3.35. The van der Waals surface area contributed by atoms with E-state index in [0.717, 1.165) is 5.56 Å². The molecule has 1 saturated heterocycles. The summed E-state index contributed by atoms with van der Waals surface area (Å²) in [4.78, 5) is 0. The molecule has 4 nitrogen and oxygen atoms in total. The molecule has 1 aliphatic heterocycles. The summed E-state index contributed by atoms with van der Waals surface area (Å²) in [5.41, 5.74) is 0.0730. The van der Waals surface area contributed by atoms with Crippen LogP contribution in [0.2, 0.25) is 0 Å². The van der Waals surface area contributed by atoms with Gasteiger partial charge in [-0.1, -0.05) is 30.3 Å². The van der Waals surface area contributed by atoms with Crippen molar-refractivity contribution >= 4 is 0 Å². The Bertz CT molecular complexity index is 371. The Kier molecular flexibility index (Phi) is 4.35. The van der Waals surface area contributed by atoms with Gasteiger partial charge >= 0.3 is 0 Å². The van der Waals surface area contributed by atoms with Gasteiger partial charge in [0.15, 0.2) is 0 Å². The van der Waals surface area contributed by atoms with Crippen LogP contribution in [0.15, 0.2) is 30.3 Å². The lowest BCUT2D eigenvalue weighted by Crippen LogP contribution is -2.46. The van der Waals surface area contributed by atoms with E-state index in [4.69, 9.17) is 4.74 Å². The van der Waals surface area contributed by atoms with Crippen LogP contribution in [0.1, 0.15) is 25.0 Å². The molecule has 0 bridgehead atoms. The Morgan fingerprint density at radius 3 is 2.78 bits per heavy atom. The first-order chi connectivity index (χ1) is 8.62. The first-order valence-corrected chi connectivity index (χ1v) is 6.39. The van der Waals surface area contributed by atoms with Gasteiger partial charge in [0.05, 0.1) is 12.2 Å². The van der Waals surface area contributed by atoms with Crippen molar-refractivity contribution in [2.75, 3.05) is 19.7 Å². The van der Waals surface area contributed by atoms with Gasteiger partial charge in [-0.15, -0.1) is 0 Å². The van der Waals surface area contributed by atoms with E-state index in [1.54, 1.807) is 0 Å². The molecule has 0 aromatic heterocycles. The number of hydrogen-bond acceptors (Lipinski definition) is 4. The molecule has 0 spiro atoms. The fourth-order valence-corrected chi connectivity index (χ4v) is 2.22. The summed E-state index contributed by atoms with van der Waals surface area (Å²) in [7, 11) is 0. The molecular weight excluding hydrogens is 230 g/mol. The van der Waals surface area contributed by atoms with Crippen LogP contribution in [0, 0.1) is 0 Å². The summed E-state index contributed by atoms with van der Waals surface area (Å²) in [6.07, 6.45) is -0.0610. The second-order valence-electron chi connectivity index (χ2n) is 4.92. The summed E-state index contributed by atoms with van der Waals surface area (Å²) >= 11 is 0. The van der Waals surface area contributed by atoms with Crippen LogP contribution in [-0.2, 0) is 4.74 Å². The van der Waals surface area contributed by atoms with E-state index in [0.29, 0.717) is 26.1 Å². The van der Waals surface area contributed by atoms with Crippen molar-refractivity contribution in [1.29, 1.82) is 0 Å². The molecule has 1 aromatic carbocycles. The van der Waals surface area contributed by atoms with Crippen LogP contribution in [-0.4, -0.2) is 41.6 Å². The van der Waals surface area contributed by atoms with Gasteiger partial charge < -0.3 is 20.3 Å². The summed E-state index contributed by atoms with van der Waals surface area (Å²) < 4.78 is 5.36. The molecule has 2 rings (SSSR count). The van der Waals surface area contributed by atoms with E-state index in [1.807, 2.05) is 37.3 Å². The summed E-state index contributed by atoms with van der Waals surface area (Å²) in [5.74, 6) is 0. The van der Waals surface area contributed by atoms with Crippen molar-refractivity contribution in [1.82, 2.24) is 5.32 Å². The predicted molar refractivity (Wildman–Crippen MR) is 69.3 cm³/mol. The molecule has 1 aromatic rings. The molecule has 100 valence electrons. The quantitative estimate of drug-likeness (QED) is 0.726. The van der Waals surface area contributed by atoms with Crippen LogP contribution in [0.4, 0.5) is 0 Å². The molecule has 0 amide bonds. The third-order valence-corrected chi connectivity index (χ3v) is 3.61. The standard InChI is InChI=1S/C14H21NO3/c1-11-14(17,7-8-18-11)10-15-9-13(16)12-5-3-2-4-6-12/h2-6,11,13,15-17H,7-10H2,1H3. The van der Waals surface area contributed by atoms with E-state index >= 15 is 0 Å². The van der Waals surface area contributed by atoms with Crippen molar-refractivity contribution in [2.24, 2.45) is 0 Å². The van der Waals surface area contributed by atoms with Gasteiger partial charge in [0.1, 0.15) is 5.60 Å².